The second-order valence-electron chi connectivity index (χ2n) is 6.50. The molecule has 0 radical (unpaired) electrons. The molecule has 124 valence electrons. The molecule has 3 aromatic heterocycles. The van der Waals surface area contributed by atoms with E-state index in [1.807, 2.05) is 12.3 Å². The summed E-state index contributed by atoms with van der Waals surface area (Å²) in [6.07, 6.45) is 9.66. The molecule has 1 atom stereocenters. The fourth-order valence-electron chi connectivity index (χ4n) is 3.26. The van der Waals surface area contributed by atoms with Crippen LogP contribution in [0.2, 0.25) is 0 Å². The summed E-state index contributed by atoms with van der Waals surface area (Å²) < 4.78 is 6.12. The quantitative estimate of drug-likeness (QED) is 0.754. The number of hydrogen-bond acceptors (Lipinski definition) is 6. The van der Waals surface area contributed by atoms with E-state index in [1.54, 1.807) is 18.6 Å². The zero-order valence-electron chi connectivity index (χ0n) is 13.6. The molecule has 1 aliphatic heterocycles. The average molecular weight is 324 g/mol. The maximum atomic E-state index is 6.46. The summed E-state index contributed by atoms with van der Waals surface area (Å²) in [7, 11) is 2.08. The number of likely N-dealkylation sites (N-methyl/N-ethyl adjacent to an activating group) is 1. The molecule has 1 fully saturated rings. The molecular formula is C17H20N6O. The number of nitrogens with one attached hydrogen (secondary N) is 1. The van der Waals surface area contributed by atoms with Gasteiger partial charge in [0.25, 0.3) is 0 Å². The highest BCUT2D eigenvalue weighted by Crippen LogP contribution is 2.34. The minimum atomic E-state index is -0.309. The number of nitrogens with zero attached hydrogens (tertiary/aromatic N) is 4. The molecule has 0 amide bonds. The summed E-state index contributed by atoms with van der Waals surface area (Å²) in [6, 6.07) is 1.88. The minimum Gasteiger partial charge on any atom is -0.491 e. The summed E-state index contributed by atoms with van der Waals surface area (Å²) in [5.74, 6) is 0.777. The van der Waals surface area contributed by atoms with Gasteiger partial charge in [0.15, 0.2) is 0 Å². The molecule has 0 spiro atoms. The van der Waals surface area contributed by atoms with E-state index < -0.39 is 0 Å². The van der Waals surface area contributed by atoms with Crippen molar-refractivity contribution >= 4 is 11.0 Å². The summed E-state index contributed by atoms with van der Waals surface area (Å²) in [4.78, 5) is 18.0. The van der Waals surface area contributed by atoms with Gasteiger partial charge >= 0.3 is 0 Å². The van der Waals surface area contributed by atoms with E-state index >= 15 is 0 Å². The lowest BCUT2D eigenvalue weighted by atomic mass is 10.0. The molecule has 1 saturated heterocycles. The van der Waals surface area contributed by atoms with Crippen molar-refractivity contribution in [2.24, 2.45) is 5.73 Å². The van der Waals surface area contributed by atoms with Crippen LogP contribution in [0.5, 0.6) is 5.75 Å². The van der Waals surface area contributed by atoms with Crippen LogP contribution < -0.4 is 10.5 Å². The molecule has 0 unspecified atom stereocenters. The van der Waals surface area contributed by atoms with Crippen molar-refractivity contribution in [2.45, 2.75) is 12.0 Å². The van der Waals surface area contributed by atoms with Crippen LogP contribution in [0.25, 0.3) is 22.2 Å². The van der Waals surface area contributed by atoms with Gasteiger partial charge in [-0.2, -0.15) is 0 Å². The van der Waals surface area contributed by atoms with Gasteiger partial charge in [0.1, 0.15) is 24.3 Å². The third-order valence-corrected chi connectivity index (χ3v) is 4.50. The van der Waals surface area contributed by atoms with Crippen molar-refractivity contribution in [2.75, 3.05) is 26.7 Å². The number of hydrogen-bond donors (Lipinski definition) is 2. The van der Waals surface area contributed by atoms with E-state index in [9.17, 15) is 0 Å². The average Bonchev–Trinajstić information content (AvgIpc) is 3.18. The smallest absolute Gasteiger partial charge is 0.141 e. The molecule has 4 heterocycles. The predicted molar refractivity (Wildman–Crippen MR) is 91.6 cm³/mol. The number of pyridine rings is 1. The summed E-state index contributed by atoms with van der Waals surface area (Å²) in [5, 5.41) is 0.933. The topological polar surface area (TPSA) is 92.9 Å². The van der Waals surface area contributed by atoms with E-state index in [0.717, 1.165) is 47.4 Å². The van der Waals surface area contributed by atoms with Crippen LogP contribution in [0.3, 0.4) is 0 Å². The van der Waals surface area contributed by atoms with Gasteiger partial charge in [0, 0.05) is 42.5 Å². The van der Waals surface area contributed by atoms with E-state index in [0.29, 0.717) is 6.61 Å². The molecule has 4 rings (SSSR count). The summed E-state index contributed by atoms with van der Waals surface area (Å²) in [5.41, 5.74) is 8.82. The summed E-state index contributed by atoms with van der Waals surface area (Å²) in [6.45, 7) is 2.32. The Morgan fingerprint density at radius 3 is 2.96 bits per heavy atom. The Balaban J connectivity index is 1.67. The lowest BCUT2D eigenvalue weighted by Crippen LogP contribution is -2.47. The van der Waals surface area contributed by atoms with Crippen molar-refractivity contribution in [3.8, 4) is 16.9 Å². The molecule has 0 aromatic carbocycles. The second kappa shape index (κ2) is 5.85. The number of aromatic nitrogens is 4. The Morgan fingerprint density at radius 1 is 1.38 bits per heavy atom. The molecule has 7 nitrogen and oxygen atoms in total. The molecule has 3 N–H and O–H groups in total. The van der Waals surface area contributed by atoms with Gasteiger partial charge in [-0.25, -0.2) is 15.0 Å². The van der Waals surface area contributed by atoms with E-state index in [1.165, 1.54) is 6.33 Å². The van der Waals surface area contributed by atoms with Gasteiger partial charge in [-0.05, 0) is 26.1 Å². The standard InChI is InChI=1S/C17H20N6O/c1-23-5-3-17(18,9-23)10-24-14-2-4-21-16-15(14)13(8-22-16)12-6-19-11-20-7-12/h2,4,6-8,11H,3,5,9-10,18H2,1H3,(H,21,22)/t17-/m1/s1. The lowest BCUT2D eigenvalue weighted by molar-refractivity contribution is 0.220. The zero-order chi connectivity index (χ0) is 16.6. The number of ether oxygens (including phenoxy) is 1. The summed E-state index contributed by atoms with van der Waals surface area (Å²) >= 11 is 0. The maximum Gasteiger partial charge on any atom is 0.141 e. The highest BCUT2D eigenvalue weighted by Gasteiger charge is 2.33. The molecule has 0 bridgehead atoms. The van der Waals surface area contributed by atoms with E-state index in [2.05, 4.69) is 31.9 Å². The van der Waals surface area contributed by atoms with Gasteiger partial charge in [-0.3, -0.25) is 0 Å². The van der Waals surface area contributed by atoms with Crippen LogP contribution >= 0.6 is 0 Å². The first kappa shape index (κ1) is 15.0. The van der Waals surface area contributed by atoms with E-state index in [4.69, 9.17) is 10.5 Å². The largest absolute Gasteiger partial charge is 0.491 e. The Bertz CT molecular complexity index is 849. The van der Waals surface area contributed by atoms with Crippen LogP contribution in [-0.4, -0.2) is 57.1 Å². The Kier molecular flexibility index (Phi) is 3.66. The van der Waals surface area contributed by atoms with Crippen molar-refractivity contribution < 1.29 is 4.74 Å². The molecule has 3 aromatic rings. The first-order valence-corrected chi connectivity index (χ1v) is 7.96. The van der Waals surface area contributed by atoms with Crippen molar-refractivity contribution in [3.63, 3.8) is 0 Å². The maximum absolute atomic E-state index is 6.46. The number of fused-ring (bicyclic) bond motifs is 1. The third-order valence-electron chi connectivity index (χ3n) is 4.50. The van der Waals surface area contributed by atoms with Crippen LogP contribution in [0.1, 0.15) is 6.42 Å². The first-order valence-electron chi connectivity index (χ1n) is 7.96. The Morgan fingerprint density at radius 2 is 2.21 bits per heavy atom. The normalized spacial score (nSPS) is 21.4. The monoisotopic (exact) mass is 324 g/mol. The highest BCUT2D eigenvalue weighted by molar-refractivity contribution is 5.97. The fourth-order valence-corrected chi connectivity index (χ4v) is 3.26. The van der Waals surface area contributed by atoms with Crippen molar-refractivity contribution in [1.82, 2.24) is 24.8 Å². The second-order valence-corrected chi connectivity index (χ2v) is 6.50. The van der Waals surface area contributed by atoms with Crippen LogP contribution in [0.15, 0.2) is 37.2 Å². The van der Waals surface area contributed by atoms with Gasteiger partial charge in [0.05, 0.1) is 10.9 Å². The SMILES string of the molecule is CN1CC[C@](N)(COc2ccnc3[nH]cc(-c4cncnc4)c23)C1. The van der Waals surface area contributed by atoms with Gasteiger partial charge < -0.3 is 20.4 Å². The van der Waals surface area contributed by atoms with Crippen LogP contribution in [0.4, 0.5) is 0 Å². The first-order chi connectivity index (χ1) is 11.6. The van der Waals surface area contributed by atoms with E-state index in [-0.39, 0.29) is 5.54 Å². The number of nitrogens with two attached hydrogens (primary N) is 1. The van der Waals surface area contributed by atoms with Gasteiger partial charge in [-0.1, -0.05) is 0 Å². The number of rotatable bonds is 4. The zero-order valence-corrected chi connectivity index (χ0v) is 13.6. The predicted octanol–water partition coefficient (Wildman–Crippen LogP) is 1.43. The van der Waals surface area contributed by atoms with Crippen molar-refractivity contribution in [3.05, 3.63) is 37.2 Å². The molecule has 7 heteroatoms. The van der Waals surface area contributed by atoms with Crippen molar-refractivity contribution in [1.29, 1.82) is 0 Å². The molecule has 24 heavy (non-hydrogen) atoms. The van der Waals surface area contributed by atoms with Crippen LogP contribution in [-0.2, 0) is 0 Å². The number of aromatic amines is 1. The highest BCUT2D eigenvalue weighted by atomic mass is 16.5. The fraction of sp³-hybridized carbons (Fsp3) is 0.353. The molecule has 0 aliphatic carbocycles. The third kappa shape index (κ3) is 2.72. The molecule has 0 saturated carbocycles. The number of likely N-dealkylation sites (tertiary alicyclic amines) is 1. The Labute approximate surface area is 139 Å². The number of H-pyrrole nitrogens is 1. The van der Waals surface area contributed by atoms with Gasteiger partial charge in [-0.15, -0.1) is 0 Å². The Hall–Kier alpha value is -2.51. The van der Waals surface area contributed by atoms with Gasteiger partial charge in [0.2, 0.25) is 0 Å². The minimum absolute atomic E-state index is 0.309. The van der Waals surface area contributed by atoms with Crippen LogP contribution in [0, 0.1) is 0 Å². The molecule has 1 aliphatic rings. The lowest BCUT2D eigenvalue weighted by Gasteiger charge is -2.24. The molecular weight excluding hydrogens is 304 g/mol.